The zero-order chi connectivity index (χ0) is 15.6. The summed E-state index contributed by atoms with van der Waals surface area (Å²) >= 11 is 0. The lowest BCUT2D eigenvalue weighted by atomic mass is 10.2. The fraction of sp³-hybridized carbons (Fsp3) is 0. The molecule has 4 N–H and O–H groups in total. The van der Waals surface area contributed by atoms with Gasteiger partial charge in [0, 0.05) is 12.3 Å². The molecule has 0 radical (unpaired) electrons. The summed E-state index contributed by atoms with van der Waals surface area (Å²) in [5.41, 5.74) is 4.66. The van der Waals surface area contributed by atoms with Gasteiger partial charge in [0.15, 0.2) is 0 Å². The van der Waals surface area contributed by atoms with E-state index in [-0.39, 0.29) is 22.1 Å². The molecule has 2 rings (SSSR count). The van der Waals surface area contributed by atoms with Gasteiger partial charge < -0.3 is 10.5 Å². The van der Waals surface area contributed by atoms with E-state index >= 15 is 0 Å². The number of sulfonamides is 1. The third-order valence-corrected chi connectivity index (χ3v) is 3.39. The Bertz CT molecular complexity index is 808. The van der Waals surface area contributed by atoms with Gasteiger partial charge in [0.05, 0.1) is 5.56 Å². The van der Waals surface area contributed by atoms with Crippen molar-refractivity contribution in [2.75, 3.05) is 0 Å². The molecule has 110 valence electrons. The Morgan fingerprint density at radius 1 is 1.29 bits per heavy atom. The molecule has 1 aromatic carbocycles. The lowest BCUT2D eigenvalue weighted by molar-refractivity contribution is 0.0996. The molecule has 0 fully saturated rings. The largest absolute Gasteiger partial charge is 0.438 e. The van der Waals surface area contributed by atoms with Crippen LogP contribution in [0.4, 0.5) is 4.39 Å². The first-order valence-corrected chi connectivity index (χ1v) is 7.08. The van der Waals surface area contributed by atoms with Crippen LogP contribution in [-0.4, -0.2) is 19.3 Å². The SMILES string of the molecule is NC(=O)c1ccc(Oc2ncccc2S(N)(=O)=O)cc1F. The summed E-state index contributed by atoms with van der Waals surface area (Å²) in [5.74, 6) is -2.18. The number of pyridine rings is 1. The molecule has 0 unspecified atom stereocenters. The number of nitrogens with two attached hydrogens (primary N) is 2. The number of nitrogens with zero attached hydrogens (tertiary/aromatic N) is 1. The number of rotatable bonds is 4. The molecular formula is C12H10FN3O4S. The van der Waals surface area contributed by atoms with E-state index in [1.165, 1.54) is 24.4 Å². The van der Waals surface area contributed by atoms with Gasteiger partial charge in [-0.3, -0.25) is 4.79 Å². The second kappa shape index (κ2) is 5.46. The number of amides is 1. The Labute approximate surface area is 119 Å². The molecule has 0 atom stereocenters. The van der Waals surface area contributed by atoms with Gasteiger partial charge in [-0.15, -0.1) is 0 Å². The van der Waals surface area contributed by atoms with E-state index < -0.39 is 21.7 Å². The van der Waals surface area contributed by atoms with E-state index in [4.69, 9.17) is 15.6 Å². The number of ether oxygens (including phenoxy) is 1. The molecule has 2 aromatic rings. The third-order valence-electron chi connectivity index (χ3n) is 2.46. The van der Waals surface area contributed by atoms with Gasteiger partial charge in [0.25, 0.3) is 5.91 Å². The fourth-order valence-corrected chi connectivity index (χ4v) is 2.15. The summed E-state index contributed by atoms with van der Waals surface area (Å²) in [6.45, 7) is 0. The van der Waals surface area contributed by atoms with Gasteiger partial charge in [-0.1, -0.05) is 0 Å². The highest BCUT2D eigenvalue weighted by Crippen LogP contribution is 2.26. The zero-order valence-electron chi connectivity index (χ0n) is 10.5. The van der Waals surface area contributed by atoms with Crippen LogP contribution in [-0.2, 0) is 10.0 Å². The average molecular weight is 311 g/mol. The van der Waals surface area contributed by atoms with Crippen molar-refractivity contribution < 1.29 is 22.3 Å². The van der Waals surface area contributed by atoms with E-state index in [2.05, 4.69) is 4.98 Å². The topological polar surface area (TPSA) is 125 Å². The second-order valence-corrected chi connectivity index (χ2v) is 5.49. The number of halogens is 1. The highest BCUT2D eigenvalue weighted by atomic mass is 32.2. The second-order valence-electron chi connectivity index (χ2n) is 3.96. The van der Waals surface area contributed by atoms with Crippen LogP contribution in [0.5, 0.6) is 11.6 Å². The summed E-state index contributed by atoms with van der Waals surface area (Å²) in [7, 11) is -4.04. The number of aromatic nitrogens is 1. The molecule has 0 aliphatic rings. The monoisotopic (exact) mass is 311 g/mol. The predicted molar refractivity (Wildman–Crippen MR) is 70.6 cm³/mol. The predicted octanol–water partition coefficient (Wildman–Crippen LogP) is 0.759. The Morgan fingerprint density at radius 2 is 2.00 bits per heavy atom. The van der Waals surface area contributed by atoms with Gasteiger partial charge in [0.1, 0.15) is 16.5 Å². The van der Waals surface area contributed by atoms with E-state index in [1.807, 2.05) is 0 Å². The van der Waals surface area contributed by atoms with Crippen molar-refractivity contribution in [2.45, 2.75) is 4.90 Å². The Kier molecular flexibility index (Phi) is 3.87. The minimum Gasteiger partial charge on any atom is -0.438 e. The first-order chi connectivity index (χ1) is 9.79. The van der Waals surface area contributed by atoms with Crippen molar-refractivity contribution in [1.29, 1.82) is 0 Å². The summed E-state index contributed by atoms with van der Waals surface area (Å²) < 4.78 is 41.5. The van der Waals surface area contributed by atoms with Crippen molar-refractivity contribution in [3.05, 3.63) is 47.9 Å². The van der Waals surface area contributed by atoms with E-state index in [0.717, 1.165) is 12.1 Å². The Balaban J connectivity index is 2.40. The Hall–Kier alpha value is -2.52. The van der Waals surface area contributed by atoms with Crippen molar-refractivity contribution in [1.82, 2.24) is 4.98 Å². The van der Waals surface area contributed by atoms with Gasteiger partial charge in [0.2, 0.25) is 15.9 Å². The number of primary amides is 1. The summed E-state index contributed by atoms with van der Waals surface area (Å²) in [5, 5.41) is 5.02. The molecule has 0 aliphatic carbocycles. The van der Waals surface area contributed by atoms with Crippen LogP contribution in [0.2, 0.25) is 0 Å². The molecule has 7 nitrogen and oxygen atoms in total. The molecule has 0 saturated carbocycles. The molecule has 21 heavy (non-hydrogen) atoms. The lowest BCUT2D eigenvalue weighted by Gasteiger charge is -2.09. The van der Waals surface area contributed by atoms with Crippen LogP contribution in [0.15, 0.2) is 41.4 Å². The van der Waals surface area contributed by atoms with Gasteiger partial charge in [-0.25, -0.2) is 22.9 Å². The molecule has 0 spiro atoms. The number of hydrogen-bond acceptors (Lipinski definition) is 5. The summed E-state index contributed by atoms with van der Waals surface area (Å²) in [6, 6.07) is 5.83. The number of primary sulfonamides is 1. The normalized spacial score (nSPS) is 11.1. The van der Waals surface area contributed by atoms with Gasteiger partial charge in [-0.2, -0.15) is 0 Å². The highest BCUT2D eigenvalue weighted by Gasteiger charge is 2.17. The van der Waals surface area contributed by atoms with Crippen LogP contribution in [0.25, 0.3) is 0 Å². The van der Waals surface area contributed by atoms with Gasteiger partial charge in [-0.05, 0) is 24.3 Å². The maximum atomic E-state index is 13.6. The number of hydrogen-bond donors (Lipinski definition) is 2. The number of carbonyl (C=O) groups is 1. The summed E-state index contributed by atoms with van der Waals surface area (Å²) in [4.78, 5) is 14.3. The highest BCUT2D eigenvalue weighted by molar-refractivity contribution is 7.89. The van der Waals surface area contributed by atoms with E-state index in [0.29, 0.717) is 0 Å². The summed E-state index contributed by atoms with van der Waals surface area (Å²) in [6.07, 6.45) is 1.29. The minimum atomic E-state index is -4.04. The van der Waals surface area contributed by atoms with Crippen molar-refractivity contribution in [2.24, 2.45) is 10.9 Å². The van der Waals surface area contributed by atoms with Crippen LogP contribution >= 0.6 is 0 Å². The molecule has 0 bridgehead atoms. The molecule has 1 heterocycles. The van der Waals surface area contributed by atoms with Crippen molar-refractivity contribution in [3.8, 4) is 11.6 Å². The van der Waals surface area contributed by atoms with Crippen LogP contribution in [0, 0.1) is 5.82 Å². The third kappa shape index (κ3) is 3.33. The smallest absolute Gasteiger partial charge is 0.251 e. The molecule has 0 aliphatic heterocycles. The van der Waals surface area contributed by atoms with E-state index in [9.17, 15) is 17.6 Å². The standard InChI is InChI=1S/C12H10FN3O4S/c13-9-6-7(3-4-8(9)11(14)17)20-12-10(21(15,18)19)2-1-5-16-12/h1-6H,(H2,14,17)(H2,15,18,19). The quantitative estimate of drug-likeness (QED) is 0.862. The average Bonchev–Trinajstić information content (AvgIpc) is 2.37. The molecular weight excluding hydrogens is 301 g/mol. The van der Waals surface area contributed by atoms with Crippen molar-refractivity contribution in [3.63, 3.8) is 0 Å². The molecule has 1 amide bonds. The number of benzene rings is 1. The molecule has 9 heteroatoms. The first-order valence-electron chi connectivity index (χ1n) is 5.54. The minimum absolute atomic E-state index is 0.0545. The first kappa shape index (κ1) is 14.9. The maximum Gasteiger partial charge on any atom is 0.251 e. The molecule has 0 saturated heterocycles. The fourth-order valence-electron chi connectivity index (χ4n) is 1.54. The van der Waals surface area contributed by atoms with Crippen LogP contribution in [0.3, 0.4) is 0 Å². The van der Waals surface area contributed by atoms with E-state index in [1.54, 1.807) is 0 Å². The maximum absolute atomic E-state index is 13.6. The number of carbonyl (C=O) groups excluding carboxylic acids is 1. The lowest BCUT2D eigenvalue weighted by Crippen LogP contribution is -2.14. The molecule has 1 aromatic heterocycles. The van der Waals surface area contributed by atoms with Crippen LogP contribution < -0.4 is 15.6 Å². The zero-order valence-corrected chi connectivity index (χ0v) is 11.3. The van der Waals surface area contributed by atoms with Gasteiger partial charge >= 0.3 is 0 Å². The Morgan fingerprint density at radius 3 is 2.57 bits per heavy atom. The van der Waals surface area contributed by atoms with Crippen molar-refractivity contribution >= 4 is 15.9 Å². The van der Waals surface area contributed by atoms with Crippen LogP contribution in [0.1, 0.15) is 10.4 Å².